The van der Waals surface area contributed by atoms with Crippen molar-refractivity contribution in [1.29, 1.82) is 0 Å². The zero-order valence-electron chi connectivity index (χ0n) is 38.2. The molecule has 360 valence electrons. The van der Waals surface area contributed by atoms with Gasteiger partial charge < -0.3 is 41.7 Å². The van der Waals surface area contributed by atoms with Crippen LogP contribution < -0.4 is 27.0 Å². The van der Waals surface area contributed by atoms with Crippen LogP contribution in [-0.4, -0.2) is 80.3 Å². The van der Waals surface area contributed by atoms with Crippen molar-refractivity contribution in [3.63, 3.8) is 0 Å². The summed E-state index contributed by atoms with van der Waals surface area (Å²) in [6.07, 6.45) is 17.8. The number of primary amides is 1. The van der Waals surface area contributed by atoms with E-state index >= 15 is 0 Å². The Morgan fingerprint density at radius 2 is 1.35 bits per heavy atom. The summed E-state index contributed by atoms with van der Waals surface area (Å²) in [4.78, 5) is 100. The fourth-order valence-corrected chi connectivity index (χ4v) is 9.02. The van der Waals surface area contributed by atoms with E-state index in [2.05, 4.69) is 32.7 Å². The molecule has 2 saturated heterocycles. The minimum absolute atomic E-state index is 0.0269. The van der Waals surface area contributed by atoms with Gasteiger partial charge in [0, 0.05) is 31.8 Å². The quantitative estimate of drug-likeness (QED) is 0.0361. The van der Waals surface area contributed by atoms with Gasteiger partial charge >= 0.3 is 7.82 Å². The minimum Gasteiger partial charge on any atom is -0.370 e. The maximum atomic E-state index is 14.3. The molecule has 2 aliphatic rings. The lowest BCUT2D eigenvalue weighted by Crippen LogP contribution is -2.58. The van der Waals surface area contributed by atoms with Gasteiger partial charge in [-0.2, -0.15) is 0 Å². The molecular weight excluding hydrogens is 852 g/mol. The number of carbonyl (C=O) groups excluding carboxylic acids is 6. The summed E-state index contributed by atoms with van der Waals surface area (Å²) in [7, 11) is -4.68. The van der Waals surface area contributed by atoms with E-state index in [0.29, 0.717) is 49.7 Å². The molecule has 0 saturated carbocycles. The third-order valence-corrected chi connectivity index (χ3v) is 12.8. The van der Waals surface area contributed by atoms with Crippen molar-refractivity contribution in [2.45, 2.75) is 192 Å². The van der Waals surface area contributed by atoms with Crippen LogP contribution in [-0.2, 0) is 57.4 Å². The number of phosphoric ester groups is 1. The second-order valence-corrected chi connectivity index (χ2v) is 18.9. The Kier molecular flexibility index (Phi) is 23.2. The summed E-state index contributed by atoms with van der Waals surface area (Å²) in [6.45, 7) is 2.12. The number of carbonyl (C=O) groups is 6. The summed E-state index contributed by atoms with van der Waals surface area (Å²) >= 11 is 0. The number of rotatable bonds is 30. The molecule has 2 heterocycles. The lowest BCUT2D eigenvalue weighted by atomic mass is 10.0. The van der Waals surface area contributed by atoms with Crippen molar-refractivity contribution in [2.24, 2.45) is 5.73 Å². The average molecular weight is 925 g/mol. The number of nitrogens with one attached hydrogen (secondary N) is 4. The summed E-state index contributed by atoms with van der Waals surface area (Å²) < 4.78 is 15.8. The predicted octanol–water partition coefficient (Wildman–Crippen LogP) is 5.90. The Morgan fingerprint density at radius 3 is 1.97 bits per heavy atom. The molecule has 6 amide bonds. The van der Waals surface area contributed by atoms with Crippen LogP contribution in [0.1, 0.15) is 158 Å². The molecule has 17 heteroatoms. The highest BCUT2D eigenvalue weighted by Gasteiger charge is 2.45. The Balaban J connectivity index is 1.37. The molecule has 2 fully saturated rings. The number of hydrogen-bond donors (Lipinski definition) is 7. The first-order valence-electron chi connectivity index (χ1n) is 23.8. The first-order valence-corrected chi connectivity index (χ1v) is 25.4. The van der Waals surface area contributed by atoms with Crippen molar-refractivity contribution in [3.05, 3.63) is 71.3 Å². The van der Waals surface area contributed by atoms with Gasteiger partial charge in [0.1, 0.15) is 24.2 Å². The van der Waals surface area contributed by atoms with Gasteiger partial charge in [-0.15, -0.1) is 0 Å². The molecule has 4 rings (SSSR count). The summed E-state index contributed by atoms with van der Waals surface area (Å²) in [5.41, 5.74) is 7.41. The number of benzene rings is 2. The third kappa shape index (κ3) is 19.8. The highest BCUT2D eigenvalue weighted by molar-refractivity contribution is 7.46. The van der Waals surface area contributed by atoms with E-state index in [1.165, 1.54) is 62.7 Å². The molecule has 0 aliphatic carbocycles. The van der Waals surface area contributed by atoms with Gasteiger partial charge in [-0.1, -0.05) is 139 Å². The second-order valence-electron chi connectivity index (χ2n) is 17.7. The molecule has 8 N–H and O–H groups in total. The van der Waals surface area contributed by atoms with Crippen LogP contribution in [0.25, 0.3) is 0 Å². The summed E-state index contributed by atoms with van der Waals surface area (Å²) in [5, 5.41) is 11.4. The molecule has 2 aromatic rings. The highest BCUT2D eigenvalue weighted by Crippen LogP contribution is 2.37. The predicted molar refractivity (Wildman–Crippen MR) is 247 cm³/mol. The molecule has 0 aromatic heterocycles. The van der Waals surface area contributed by atoms with Gasteiger partial charge in [0.05, 0.1) is 6.61 Å². The van der Waals surface area contributed by atoms with Crippen molar-refractivity contribution in [3.8, 4) is 0 Å². The smallest absolute Gasteiger partial charge is 0.370 e. The first kappa shape index (κ1) is 53.0. The molecule has 0 bridgehead atoms. The van der Waals surface area contributed by atoms with Crippen LogP contribution in [0.4, 0.5) is 0 Å². The Morgan fingerprint density at radius 1 is 0.738 bits per heavy atom. The fourth-order valence-electron chi connectivity index (χ4n) is 8.70. The lowest BCUT2D eigenvalue weighted by molar-refractivity contribution is -0.143. The van der Waals surface area contributed by atoms with Gasteiger partial charge in [0.25, 0.3) is 0 Å². The molecule has 65 heavy (non-hydrogen) atoms. The number of nitrogens with zero attached hydrogens (tertiary/aromatic N) is 1. The molecule has 1 unspecified atom stereocenters. The topological polar surface area (TPSA) is 247 Å². The van der Waals surface area contributed by atoms with Crippen LogP contribution in [0.2, 0.25) is 0 Å². The van der Waals surface area contributed by atoms with Crippen LogP contribution in [0.15, 0.2) is 54.6 Å². The lowest BCUT2D eigenvalue weighted by Gasteiger charge is -2.32. The molecular formula is C48H73N6O10P. The number of amides is 6. The monoisotopic (exact) mass is 925 g/mol. The Bertz CT molecular complexity index is 1860. The highest BCUT2D eigenvalue weighted by atomic mass is 31.2. The molecule has 5 atom stereocenters. The largest absolute Gasteiger partial charge is 0.469 e. The molecule has 0 spiro atoms. The van der Waals surface area contributed by atoms with E-state index in [1.54, 1.807) is 24.3 Å². The van der Waals surface area contributed by atoms with Crippen molar-refractivity contribution in [1.82, 2.24) is 26.2 Å². The molecule has 0 radical (unpaired) electrons. The van der Waals surface area contributed by atoms with E-state index in [1.807, 2.05) is 30.3 Å². The third-order valence-electron chi connectivity index (χ3n) is 12.3. The van der Waals surface area contributed by atoms with Gasteiger partial charge in [0.2, 0.25) is 35.4 Å². The normalized spacial score (nSPS) is 18.2. The van der Waals surface area contributed by atoms with E-state index < -0.39 is 61.5 Å². The number of phosphoric acid groups is 1. The van der Waals surface area contributed by atoms with Crippen LogP contribution in [0.5, 0.6) is 0 Å². The van der Waals surface area contributed by atoms with Crippen LogP contribution in [0.3, 0.4) is 0 Å². The van der Waals surface area contributed by atoms with E-state index in [0.717, 1.165) is 24.8 Å². The standard InChI is InChI=1S/C48H73N6O10P/c1-2-3-4-5-6-7-8-9-10-11-12-13-17-23-44(56)51-41(32-35-24-26-37(27-25-35)34-64-65(61,62)63)46(58)53-40-22-18-21-38-28-30-42(54(38)48(40)60)47(59)52-39(29-31-43(49)55)45(57)50-33-36-19-15-14-16-20-36/h14-16,19-20,24-27,38-42H,2-13,17-18,21-23,28-34H2,1H3,(H2,49,55)(H,50,57)(H,51,56)(H,52,59)(H,53,58)(H2,61,62,63)/t38?,39-,40-,41+,42-/m0/s1. The van der Waals surface area contributed by atoms with Gasteiger partial charge in [-0.3, -0.25) is 33.3 Å². The van der Waals surface area contributed by atoms with E-state index in [4.69, 9.17) is 15.5 Å². The Hall–Kier alpha value is -4.63. The van der Waals surface area contributed by atoms with Crippen molar-refractivity contribution >= 4 is 43.3 Å². The van der Waals surface area contributed by atoms with Crippen LogP contribution in [0, 0.1) is 0 Å². The number of unbranched alkanes of at least 4 members (excludes halogenated alkanes) is 12. The maximum absolute atomic E-state index is 14.3. The average Bonchev–Trinajstić information content (AvgIpc) is 3.64. The zero-order chi connectivity index (χ0) is 47.0. The summed E-state index contributed by atoms with van der Waals surface area (Å²) in [5.74, 6) is -2.92. The van der Waals surface area contributed by atoms with Gasteiger partial charge in [0.15, 0.2) is 0 Å². The van der Waals surface area contributed by atoms with Gasteiger partial charge in [-0.05, 0) is 61.6 Å². The summed E-state index contributed by atoms with van der Waals surface area (Å²) in [6, 6.07) is 11.6. The maximum Gasteiger partial charge on any atom is 0.469 e. The zero-order valence-corrected chi connectivity index (χ0v) is 39.1. The molecule has 2 aliphatic heterocycles. The fraction of sp³-hybridized carbons (Fsp3) is 0.625. The number of fused-ring (bicyclic) bond motifs is 1. The SMILES string of the molecule is CCCCCCCCCCCCCCCC(=O)N[C@H](Cc1ccc(COP(=O)(O)O)cc1)C(=O)N[C@H]1CCCC2CC[C@@H](C(=O)N[C@@H](CCC(N)=O)C(=O)NCc3ccccc3)N2C1=O. The minimum atomic E-state index is -4.68. The van der Waals surface area contributed by atoms with Crippen LogP contribution >= 0.6 is 7.82 Å². The van der Waals surface area contributed by atoms with Gasteiger partial charge in [-0.25, -0.2) is 4.57 Å². The number of nitrogens with two attached hydrogens (primary N) is 1. The van der Waals surface area contributed by atoms with E-state index in [-0.39, 0.29) is 50.8 Å². The van der Waals surface area contributed by atoms with Crippen molar-refractivity contribution in [2.75, 3.05) is 0 Å². The Labute approximate surface area is 384 Å². The van der Waals surface area contributed by atoms with E-state index in [9.17, 15) is 33.3 Å². The molecule has 16 nitrogen and oxygen atoms in total. The molecule has 2 aromatic carbocycles. The van der Waals surface area contributed by atoms with Crippen molar-refractivity contribution < 1.29 is 47.6 Å². The first-order chi connectivity index (χ1) is 31.2. The number of hydrogen-bond acceptors (Lipinski definition) is 8. The second kappa shape index (κ2) is 28.4.